The van der Waals surface area contributed by atoms with Gasteiger partial charge in [-0.1, -0.05) is 11.6 Å². The van der Waals surface area contributed by atoms with Crippen molar-refractivity contribution >= 4 is 23.6 Å². The van der Waals surface area contributed by atoms with Gasteiger partial charge in [0.1, 0.15) is 5.75 Å². The van der Waals surface area contributed by atoms with Crippen molar-refractivity contribution in [2.75, 3.05) is 13.6 Å². The molecule has 0 atom stereocenters. The number of hydrogen-bond donors (Lipinski definition) is 0. The van der Waals surface area contributed by atoms with Gasteiger partial charge in [-0.3, -0.25) is 0 Å². The first-order chi connectivity index (χ1) is 13.0. The highest BCUT2D eigenvalue weighted by Crippen LogP contribution is 2.31. The van der Waals surface area contributed by atoms with E-state index in [9.17, 15) is 0 Å². The predicted molar refractivity (Wildman–Crippen MR) is 111 cm³/mol. The number of nitrogens with zero attached hydrogens (tertiary/aromatic N) is 4. The number of rotatable bonds is 6. The van der Waals surface area contributed by atoms with E-state index in [-0.39, 0.29) is 0 Å². The van der Waals surface area contributed by atoms with Crippen molar-refractivity contribution in [2.24, 2.45) is 4.99 Å². The van der Waals surface area contributed by atoms with Gasteiger partial charge in [0.15, 0.2) is 0 Å². The fourth-order valence-corrected chi connectivity index (χ4v) is 2.60. The fourth-order valence-electron chi connectivity index (χ4n) is 2.48. The summed E-state index contributed by atoms with van der Waals surface area (Å²) in [6.45, 7) is 7.04. The largest absolute Gasteiger partial charge is 0.437 e. The molecule has 0 saturated heterocycles. The summed E-state index contributed by atoms with van der Waals surface area (Å²) in [6.07, 6.45) is 3.70. The summed E-state index contributed by atoms with van der Waals surface area (Å²) >= 11 is 5.94. The van der Waals surface area contributed by atoms with Crippen molar-refractivity contribution in [3.8, 4) is 17.3 Å². The van der Waals surface area contributed by atoms with Crippen molar-refractivity contribution in [3.05, 3.63) is 64.8 Å². The quantitative estimate of drug-likeness (QED) is 0.415. The Balaban J connectivity index is 1.79. The molecule has 0 radical (unpaired) electrons. The second-order valence-corrected chi connectivity index (χ2v) is 6.84. The Kier molecular flexibility index (Phi) is 5.81. The van der Waals surface area contributed by atoms with E-state index in [4.69, 9.17) is 16.3 Å². The van der Waals surface area contributed by atoms with Gasteiger partial charge in [-0.15, -0.1) is 5.10 Å². The zero-order chi connectivity index (χ0) is 19.4. The Morgan fingerprint density at radius 1 is 1.15 bits per heavy atom. The third-order valence-electron chi connectivity index (χ3n) is 4.26. The molecular weight excluding hydrogens is 360 g/mol. The minimum absolute atomic E-state index is 0.536. The average Bonchev–Trinajstić information content (AvgIpc) is 3.12. The first-order valence-electron chi connectivity index (χ1n) is 8.81. The van der Waals surface area contributed by atoms with Crippen LogP contribution in [0.15, 0.2) is 53.7 Å². The van der Waals surface area contributed by atoms with Gasteiger partial charge in [-0.25, -0.2) is 9.67 Å². The number of hydrogen-bond acceptors (Lipinski definition) is 3. The van der Waals surface area contributed by atoms with E-state index in [0.717, 1.165) is 34.8 Å². The van der Waals surface area contributed by atoms with Gasteiger partial charge in [-0.2, -0.15) is 0 Å². The molecule has 0 N–H and O–H groups in total. The third-order valence-corrected chi connectivity index (χ3v) is 4.51. The van der Waals surface area contributed by atoms with Crippen LogP contribution >= 0.6 is 11.6 Å². The zero-order valence-corrected chi connectivity index (χ0v) is 16.7. The van der Waals surface area contributed by atoms with E-state index < -0.39 is 0 Å². The van der Waals surface area contributed by atoms with Crippen LogP contribution in [0.5, 0.6) is 11.6 Å². The van der Waals surface area contributed by atoms with Crippen molar-refractivity contribution in [1.82, 2.24) is 14.7 Å². The number of aryl methyl sites for hydroxylation is 2. The lowest BCUT2D eigenvalue weighted by molar-refractivity contribution is 0.454. The van der Waals surface area contributed by atoms with Crippen molar-refractivity contribution in [2.45, 2.75) is 20.8 Å². The molecule has 0 spiro atoms. The van der Waals surface area contributed by atoms with Crippen molar-refractivity contribution in [1.29, 1.82) is 0 Å². The van der Waals surface area contributed by atoms with Gasteiger partial charge in [0.25, 0.3) is 0 Å². The van der Waals surface area contributed by atoms with Crippen LogP contribution in [0.25, 0.3) is 5.69 Å². The van der Waals surface area contributed by atoms with Crippen LogP contribution in [-0.2, 0) is 0 Å². The molecule has 1 heterocycles. The zero-order valence-electron chi connectivity index (χ0n) is 16.0. The molecule has 3 aromatic rings. The number of ether oxygens (including phenoxy) is 1. The van der Waals surface area contributed by atoms with E-state index in [1.54, 1.807) is 4.68 Å². The van der Waals surface area contributed by atoms with Crippen LogP contribution in [0.1, 0.15) is 18.1 Å². The van der Waals surface area contributed by atoms with Gasteiger partial charge in [0.2, 0.25) is 5.88 Å². The molecule has 5 nitrogen and oxygen atoms in total. The molecule has 3 rings (SSSR count). The molecule has 0 unspecified atom stereocenters. The molecule has 0 bridgehead atoms. The summed E-state index contributed by atoms with van der Waals surface area (Å²) in [4.78, 5) is 6.58. The smallest absolute Gasteiger partial charge is 0.238 e. The highest BCUT2D eigenvalue weighted by molar-refractivity contribution is 6.30. The van der Waals surface area contributed by atoms with Gasteiger partial charge in [0.05, 0.1) is 17.7 Å². The minimum Gasteiger partial charge on any atom is -0.437 e. The molecule has 27 heavy (non-hydrogen) atoms. The molecule has 0 aliphatic heterocycles. The van der Waals surface area contributed by atoms with E-state index in [0.29, 0.717) is 10.9 Å². The molecule has 140 valence electrons. The number of halogens is 1. The highest BCUT2D eigenvalue weighted by atomic mass is 35.5. The maximum Gasteiger partial charge on any atom is 0.238 e. The van der Waals surface area contributed by atoms with E-state index >= 15 is 0 Å². The normalized spacial score (nSPS) is 11.1. The molecule has 2 aromatic carbocycles. The standard InChI is InChI=1S/C21H23ClN4O/c1-5-25(4)14-23-19-12-16(3)20(13-15(19)2)27-21-10-11-26(24-21)18-8-6-17(22)7-9-18/h6-14H,5H2,1-4H3/b23-14+. The summed E-state index contributed by atoms with van der Waals surface area (Å²) < 4.78 is 7.75. The van der Waals surface area contributed by atoms with Crippen LogP contribution in [0, 0.1) is 13.8 Å². The topological polar surface area (TPSA) is 42.6 Å². The molecule has 0 saturated carbocycles. The molecule has 1 aromatic heterocycles. The molecule has 0 aliphatic rings. The lowest BCUT2D eigenvalue weighted by Gasteiger charge is -2.11. The van der Waals surface area contributed by atoms with Gasteiger partial charge in [0, 0.05) is 30.9 Å². The minimum atomic E-state index is 0.536. The number of aliphatic imine (C=N–C) groups is 1. The monoisotopic (exact) mass is 382 g/mol. The Morgan fingerprint density at radius 3 is 2.59 bits per heavy atom. The second-order valence-electron chi connectivity index (χ2n) is 6.40. The molecule has 0 aliphatic carbocycles. The number of aromatic nitrogens is 2. The Hall–Kier alpha value is -2.79. The van der Waals surface area contributed by atoms with Crippen molar-refractivity contribution < 1.29 is 4.74 Å². The van der Waals surface area contributed by atoms with Gasteiger partial charge in [-0.05, 0) is 68.3 Å². The molecule has 0 amide bonds. The first-order valence-corrected chi connectivity index (χ1v) is 9.19. The maximum absolute atomic E-state index is 6.00. The van der Waals surface area contributed by atoms with Crippen LogP contribution in [-0.4, -0.2) is 34.6 Å². The van der Waals surface area contributed by atoms with Gasteiger partial charge < -0.3 is 9.64 Å². The Labute approximate surface area is 164 Å². The van der Waals surface area contributed by atoms with E-state index in [1.807, 2.05) is 80.8 Å². The van der Waals surface area contributed by atoms with Crippen LogP contribution in [0.2, 0.25) is 5.02 Å². The Morgan fingerprint density at radius 2 is 1.89 bits per heavy atom. The predicted octanol–water partition coefficient (Wildman–Crippen LogP) is 5.55. The highest BCUT2D eigenvalue weighted by Gasteiger charge is 2.09. The summed E-state index contributed by atoms with van der Waals surface area (Å²) in [6, 6.07) is 13.4. The van der Waals surface area contributed by atoms with Crippen molar-refractivity contribution in [3.63, 3.8) is 0 Å². The molecule has 6 heteroatoms. The van der Waals surface area contributed by atoms with Crippen LogP contribution in [0.3, 0.4) is 0 Å². The SMILES string of the molecule is CCN(C)/C=N/c1cc(C)c(Oc2ccn(-c3ccc(Cl)cc3)n2)cc1C. The molecule has 0 fully saturated rings. The second kappa shape index (κ2) is 8.27. The first kappa shape index (κ1) is 19.0. The van der Waals surface area contributed by atoms with E-state index in [2.05, 4.69) is 17.0 Å². The summed E-state index contributed by atoms with van der Waals surface area (Å²) in [5, 5.41) is 5.18. The fraction of sp³-hybridized carbons (Fsp3) is 0.238. The summed E-state index contributed by atoms with van der Waals surface area (Å²) in [5.74, 6) is 1.31. The summed E-state index contributed by atoms with van der Waals surface area (Å²) in [5.41, 5.74) is 3.92. The third kappa shape index (κ3) is 4.68. The summed E-state index contributed by atoms with van der Waals surface area (Å²) in [7, 11) is 2.00. The average molecular weight is 383 g/mol. The number of benzene rings is 2. The van der Waals surface area contributed by atoms with Crippen LogP contribution < -0.4 is 4.74 Å². The lowest BCUT2D eigenvalue weighted by Crippen LogP contribution is -2.14. The van der Waals surface area contributed by atoms with Gasteiger partial charge >= 0.3 is 0 Å². The molecular formula is C21H23ClN4O. The maximum atomic E-state index is 6.00. The van der Waals surface area contributed by atoms with E-state index in [1.165, 1.54) is 0 Å². The lowest BCUT2D eigenvalue weighted by atomic mass is 10.1. The van der Waals surface area contributed by atoms with Crippen LogP contribution in [0.4, 0.5) is 5.69 Å². The Bertz CT molecular complexity index is 947.